The van der Waals surface area contributed by atoms with Gasteiger partial charge in [-0.05, 0) is 24.8 Å². The van der Waals surface area contributed by atoms with Gasteiger partial charge in [-0.2, -0.15) is 0 Å². The Hall–Kier alpha value is -0.860. The largest absolute Gasteiger partial charge is 0.379 e. The van der Waals surface area contributed by atoms with Crippen molar-refractivity contribution in [1.29, 1.82) is 0 Å². The van der Waals surface area contributed by atoms with Crippen LogP contribution in [-0.4, -0.2) is 74.3 Å². The van der Waals surface area contributed by atoms with E-state index in [-0.39, 0.29) is 24.0 Å². The maximum atomic E-state index is 5.51. The summed E-state index contributed by atoms with van der Waals surface area (Å²) in [4.78, 5) is 10.1. The third-order valence-electron chi connectivity index (χ3n) is 5.83. The van der Waals surface area contributed by atoms with Crippen molar-refractivity contribution >= 4 is 29.9 Å². The minimum absolute atomic E-state index is 0. The topological polar surface area (TPSA) is 40.1 Å². The number of likely N-dealkylation sites (tertiary alicyclic amines) is 1. The number of aliphatic imine (C=N–C) groups is 1. The summed E-state index contributed by atoms with van der Waals surface area (Å²) >= 11 is 0. The van der Waals surface area contributed by atoms with Gasteiger partial charge in [-0.25, -0.2) is 0 Å². The maximum absolute atomic E-state index is 5.51. The summed E-state index contributed by atoms with van der Waals surface area (Å²) < 4.78 is 5.51. The zero-order valence-electron chi connectivity index (χ0n) is 17.6. The summed E-state index contributed by atoms with van der Waals surface area (Å²) in [7, 11) is 0. The number of hydrogen-bond donors (Lipinski definition) is 1. The van der Waals surface area contributed by atoms with Crippen molar-refractivity contribution in [2.45, 2.75) is 39.2 Å². The number of rotatable bonds is 6. The van der Waals surface area contributed by atoms with Crippen molar-refractivity contribution in [2.24, 2.45) is 10.9 Å². The van der Waals surface area contributed by atoms with Crippen LogP contribution < -0.4 is 5.32 Å². The molecule has 1 aromatic carbocycles. The first-order valence-corrected chi connectivity index (χ1v) is 10.6. The van der Waals surface area contributed by atoms with E-state index in [9.17, 15) is 0 Å². The van der Waals surface area contributed by atoms with E-state index in [2.05, 4.69) is 66.2 Å². The first kappa shape index (κ1) is 23.4. The summed E-state index contributed by atoms with van der Waals surface area (Å²) in [5.74, 6) is 2.10. The van der Waals surface area contributed by atoms with Gasteiger partial charge in [-0.15, -0.1) is 24.0 Å². The van der Waals surface area contributed by atoms with Crippen molar-refractivity contribution in [3.8, 4) is 0 Å². The van der Waals surface area contributed by atoms with Gasteiger partial charge in [0.1, 0.15) is 0 Å². The van der Waals surface area contributed by atoms with E-state index < -0.39 is 0 Å². The first-order chi connectivity index (χ1) is 13.2. The molecule has 2 heterocycles. The number of morpholine rings is 1. The molecule has 2 unspecified atom stereocenters. The molecule has 0 amide bonds. The van der Waals surface area contributed by atoms with Gasteiger partial charge in [-0.1, -0.05) is 44.2 Å². The number of ether oxygens (including phenoxy) is 1. The molecule has 5 nitrogen and oxygen atoms in total. The zero-order valence-corrected chi connectivity index (χ0v) is 20.0. The standard InChI is InChI=1S/C22H36N4O.HI/c1-4-23-22(24-16-21(18(2)3)19-8-6-5-7-9-19)26-11-10-20(17-26)25-12-14-27-15-13-25;/h5-9,18,20-21H,4,10-17H2,1-3H3,(H,23,24);1H. The highest BCUT2D eigenvalue weighted by Crippen LogP contribution is 2.25. The molecule has 2 fully saturated rings. The van der Waals surface area contributed by atoms with Crippen molar-refractivity contribution in [2.75, 3.05) is 52.5 Å². The Morgan fingerprint density at radius 3 is 2.54 bits per heavy atom. The molecule has 2 atom stereocenters. The summed E-state index contributed by atoms with van der Waals surface area (Å²) in [6.45, 7) is 14.5. The van der Waals surface area contributed by atoms with Crippen LogP contribution >= 0.6 is 24.0 Å². The van der Waals surface area contributed by atoms with Gasteiger partial charge < -0.3 is 15.0 Å². The molecule has 28 heavy (non-hydrogen) atoms. The molecule has 3 rings (SSSR count). The molecule has 2 saturated heterocycles. The van der Waals surface area contributed by atoms with E-state index in [4.69, 9.17) is 9.73 Å². The van der Waals surface area contributed by atoms with Gasteiger partial charge in [0, 0.05) is 51.2 Å². The van der Waals surface area contributed by atoms with Crippen molar-refractivity contribution in [3.05, 3.63) is 35.9 Å². The summed E-state index contributed by atoms with van der Waals surface area (Å²) in [6.07, 6.45) is 1.22. The van der Waals surface area contributed by atoms with Crippen LogP contribution in [0.2, 0.25) is 0 Å². The van der Waals surface area contributed by atoms with Crippen LogP contribution in [0.1, 0.15) is 38.7 Å². The van der Waals surface area contributed by atoms with Crippen LogP contribution in [-0.2, 0) is 4.74 Å². The number of hydrogen-bond acceptors (Lipinski definition) is 3. The predicted octanol–water partition coefficient (Wildman–Crippen LogP) is 3.42. The van der Waals surface area contributed by atoms with E-state index in [0.29, 0.717) is 17.9 Å². The van der Waals surface area contributed by atoms with E-state index in [0.717, 1.165) is 58.4 Å². The Morgan fingerprint density at radius 2 is 1.89 bits per heavy atom. The molecule has 1 N–H and O–H groups in total. The highest BCUT2D eigenvalue weighted by atomic mass is 127. The number of halogens is 1. The monoisotopic (exact) mass is 500 g/mol. The molecule has 0 aliphatic carbocycles. The quantitative estimate of drug-likeness (QED) is 0.369. The molecule has 0 bridgehead atoms. The van der Waals surface area contributed by atoms with E-state index in [1.807, 2.05) is 0 Å². The smallest absolute Gasteiger partial charge is 0.193 e. The molecule has 1 aromatic rings. The lowest BCUT2D eigenvalue weighted by Gasteiger charge is -2.32. The minimum Gasteiger partial charge on any atom is -0.379 e. The normalized spacial score (nSPS) is 22.2. The predicted molar refractivity (Wildman–Crippen MR) is 128 cm³/mol. The molecular weight excluding hydrogens is 463 g/mol. The molecule has 0 radical (unpaired) electrons. The lowest BCUT2D eigenvalue weighted by Crippen LogP contribution is -2.46. The molecule has 158 valence electrons. The van der Waals surface area contributed by atoms with Crippen LogP contribution in [0, 0.1) is 5.92 Å². The summed E-state index contributed by atoms with van der Waals surface area (Å²) in [5.41, 5.74) is 1.39. The highest BCUT2D eigenvalue weighted by Gasteiger charge is 2.30. The van der Waals surface area contributed by atoms with E-state index in [1.165, 1.54) is 12.0 Å². The lowest BCUT2D eigenvalue weighted by atomic mass is 9.88. The SMILES string of the molecule is CCNC(=NCC(c1ccccc1)C(C)C)N1CCC(N2CCOCC2)C1.I. The fraction of sp³-hybridized carbons (Fsp3) is 0.682. The van der Waals surface area contributed by atoms with Gasteiger partial charge in [0.25, 0.3) is 0 Å². The van der Waals surface area contributed by atoms with E-state index in [1.54, 1.807) is 0 Å². The van der Waals surface area contributed by atoms with Gasteiger partial charge in [0.2, 0.25) is 0 Å². The Kier molecular flexibility index (Phi) is 10.0. The Labute approximate surface area is 187 Å². The zero-order chi connectivity index (χ0) is 19.1. The van der Waals surface area contributed by atoms with Crippen LogP contribution in [0.25, 0.3) is 0 Å². The van der Waals surface area contributed by atoms with Gasteiger partial charge in [0.15, 0.2) is 5.96 Å². The Morgan fingerprint density at radius 1 is 1.18 bits per heavy atom. The number of benzene rings is 1. The second kappa shape index (κ2) is 12.0. The molecule has 2 aliphatic heterocycles. The minimum atomic E-state index is 0. The fourth-order valence-corrected chi connectivity index (χ4v) is 4.19. The summed E-state index contributed by atoms with van der Waals surface area (Å²) in [5, 5.41) is 3.53. The average molecular weight is 500 g/mol. The van der Waals surface area contributed by atoms with Crippen LogP contribution in [0.4, 0.5) is 0 Å². The molecule has 2 aliphatic rings. The van der Waals surface area contributed by atoms with Crippen LogP contribution in [0.15, 0.2) is 35.3 Å². The average Bonchev–Trinajstić information content (AvgIpc) is 3.19. The van der Waals surface area contributed by atoms with Crippen LogP contribution in [0.3, 0.4) is 0 Å². The number of guanidine groups is 1. The molecular formula is C22H37IN4O. The third kappa shape index (κ3) is 6.32. The van der Waals surface area contributed by atoms with Gasteiger partial charge >= 0.3 is 0 Å². The lowest BCUT2D eigenvalue weighted by molar-refractivity contribution is 0.0195. The van der Waals surface area contributed by atoms with Gasteiger partial charge in [0.05, 0.1) is 13.2 Å². The molecule has 0 saturated carbocycles. The maximum Gasteiger partial charge on any atom is 0.193 e. The van der Waals surface area contributed by atoms with Crippen molar-refractivity contribution in [1.82, 2.24) is 15.1 Å². The molecule has 6 heteroatoms. The van der Waals surface area contributed by atoms with Crippen molar-refractivity contribution in [3.63, 3.8) is 0 Å². The van der Waals surface area contributed by atoms with Gasteiger partial charge in [-0.3, -0.25) is 9.89 Å². The van der Waals surface area contributed by atoms with Crippen molar-refractivity contribution < 1.29 is 4.74 Å². The molecule has 0 spiro atoms. The van der Waals surface area contributed by atoms with Crippen LogP contribution in [0.5, 0.6) is 0 Å². The Bertz CT molecular complexity index is 589. The van der Waals surface area contributed by atoms with E-state index >= 15 is 0 Å². The number of nitrogens with one attached hydrogen (secondary N) is 1. The first-order valence-electron chi connectivity index (χ1n) is 10.6. The highest BCUT2D eigenvalue weighted by molar-refractivity contribution is 14.0. The number of nitrogens with zero attached hydrogens (tertiary/aromatic N) is 3. The Balaban J connectivity index is 0.00000280. The second-order valence-corrected chi connectivity index (χ2v) is 7.99. The summed E-state index contributed by atoms with van der Waals surface area (Å²) in [6, 6.07) is 11.5. The second-order valence-electron chi connectivity index (χ2n) is 7.99. The fourth-order valence-electron chi connectivity index (χ4n) is 4.19. The molecule has 0 aromatic heterocycles. The third-order valence-corrected chi connectivity index (χ3v) is 5.83.